The van der Waals surface area contributed by atoms with E-state index >= 15 is 0 Å². The Morgan fingerprint density at radius 2 is 1.54 bits per heavy atom. The van der Waals surface area contributed by atoms with E-state index in [4.69, 9.17) is 28.2 Å². The minimum Gasteiger partial charge on any atom is -0.291 e. The van der Waals surface area contributed by atoms with Crippen LogP contribution >= 0.6 is 39.1 Å². The quantitative estimate of drug-likeness (QED) is 0.316. The zero-order chi connectivity index (χ0) is 16.7. The van der Waals surface area contributed by atoms with E-state index in [1.807, 2.05) is 59.2 Å². The molecule has 4 nitrogen and oxygen atoms in total. The number of benzene rings is 2. The number of hydrogen-bond donors (Lipinski definition) is 0. The smallest absolute Gasteiger partial charge is 0.224 e. The lowest BCUT2D eigenvalue weighted by Gasteiger charge is -2.10. The van der Waals surface area contributed by atoms with Crippen LogP contribution < -0.4 is 0 Å². The predicted molar refractivity (Wildman–Crippen MR) is 99.8 cm³/mol. The molecule has 0 fully saturated rings. The van der Waals surface area contributed by atoms with Crippen LogP contribution in [0.15, 0.2) is 59.1 Å². The normalized spacial score (nSPS) is 11.1. The summed E-state index contributed by atoms with van der Waals surface area (Å²) in [7, 11) is 0. The Morgan fingerprint density at radius 1 is 0.833 bits per heavy atom. The van der Waals surface area contributed by atoms with Gasteiger partial charge in [-0.15, -0.1) is 0 Å². The van der Waals surface area contributed by atoms with E-state index < -0.39 is 0 Å². The third-order valence-electron chi connectivity index (χ3n) is 3.57. The van der Waals surface area contributed by atoms with Crippen molar-refractivity contribution < 1.29 is 0 Å². The molecule has 0 bridgehead atoms. The van der Waals surface area contributed by atoms with Crippen molar-refractivity contribution in [2.24, 2.45) is 0 Å². The first-order valence-electron chi connectivity index (χ1n) is 7.07. The molecule has 7 heteroatoms. The van der Waals surface area contributed by atoms with Crippen molar-refractivity contribution in [2.45, 2.75) is 0 Å². The molecule has 0 N–H and O–H groups in total. The molecule has 0 amide bonds. The van der Waals surface area contributed by atoms with Gasteiger partial charge < -0.3 is 0 Å². The van der Waals surface area contributed by atoms with Gasteiger partial charge in [-0.2, -0.15) is 0 Å². The van der Waals surface area contributed by atoms with Crippen molar-refractivity contribution in [3.63, 3.8) is 0 Å². The lowest BCUT2D eigenvalue weighted by atomic mass is 10.2. The van der Waals surface area contributed by atoms with Crippen molar-refractivity contribution in [1.82, 2.24) is 19.5 Å². The summed E-state index contributed by atoms with van der Waals surface area (Å²) in [4.78, 5) is 13.0. The fraction of sp³-hybridized carbons (Fsp3) is 0. The van der Waals surface area contributed by atoms with Gasteiger partial charge in [-0.3, -0.25) is 4.57 Å². The molecule has 0 aliphatic carbocycles. The zero-order valence-electron chi connectivity index (χ0n) is 12.1. The highest BCUT2D eigenvalue weighted by Gasteiger charge is 2.20. The molecule has 4 aromatic rings. The average molecular weight is 420 g/mol. The molecule has 0 aliphatic heterocycles. The molecule has 2 heterocycles. The van der Waals surface area contributed by atoms with Crippen LogP contribution in [0.1, 0.15) is 0 Å². The lowest BCUT2D eigenvalue weighted by molar-refractivity contribution is 1.06. The molecule has 118 valence electrons. The molecule has 0 saturated carbocycles. The van der Waals surface area contributed by atoms with Crippen molar-refractivity contribution in [1.29, 1.82) is 0 Å². The predicted octanol–water partition coefficient (Wildman–Crippen LogP) is 5.55. The third kappa shape index (κ3) is 2.59. The number of halogens is 3. The Balaban J connectivity index is 2.10. The Morgan fingerprint density at radius 3 is 2.33 bits per heavy atom. The van der Waals surface area contributed by atoms with Gasteiger partial charge in [-0.1, -0.05) is 41.9 Å². The van der Waals surface area contributed by atoms with Crippen LogP contribution in [0, 0.1) is 0 Å². The first-order valence-corrected chi connectivity index (χ1v) is 8.62. The summed E-state index contributed by atoms with van der Waals surface area (Å²) in [6.45, 7) is 0. The minimum atomic E-state index is 0.0740. The van der Waals surface area contributed by atoms with Crippen LogP contribution in [0.25, 0.3) is 28.2 Å². The highest BCUT2D eigenvalue weighted by molar-refractivity contribution is 9.10. The van der Waals surface area contributed by atoms with Crippen LogP contribution in [0.3, 0.4) is 0 Å². The van der Waals surface area contributed by atoms with E-state index in [2.05, 4.69) is 25.9 Å². The summed E-state index contributed by atoms with van der Waals surface area (Å²) in [6, 6.07) is 17.8. The van der Waals surface area contributed by atoms with Gasteiger partial charge in [0.05, 0.1) is 15.5 Å². The van der Waals surface area contributed by atoms with Gasteiger partial charge in [0.1, 0.15) is 10.8 Å². The summed E-state index contributed by atoms with van der Waals surface area (Å²) in [5, 5.41) is 0.321. The summed E-state index contributed by atoms with van der Waals surface area (Å²) < 4.78 is 2.58. The molecule has 0 aliphatic rings. The number of fused-ring (bicyclic) bond motifs is 1. The van der Waals surface area contributed by atoms with Crippen LogP contribution in [0.2, 0.25) is 10.4 Å². The first-order chi connectivity index (χ1) is 11.6. The fourth-order valence-corrected chi connectivity index (χ4v) is 3.30. The number of para-hydroxylation sites is 3. The molecular weight excluding hydrogens is 411 g/mol. The van der Waals surface area contributed by atoms with E-state index in [-0.39, 0.29) is 10.4 Å². The second-order valence-corrected chi connectivity index (χ2v) is 6.53. The number of imidazole rings is 1. The van der Waals surface area contributed by atoms with Gasteiger partial charge >= 0.3 is 0 Å². The average Bonchev–Trinajstić information content (AvgIpc) is 2.98. The van der Waals surface area contributed by atoms with Crippen molar-refractivity contribution in [3.05, 3.63) is 69.5 Å². The van der Waals surface area contributed by atoms with Crippen LogP contribution in [-0.4, -0.2) is 19.5 Å². The number of hydrogen-bond acceptors (Lipinski definition) is 3. The second kappa shape index (κ2) is 6.16. The van der Waals surface area contributed by atoms with E-state index in [0.29, 0.717) is 16.0 Å². The van der Waals surface area contributed by atoms with E-state index in [0.717, 1.165) is 16.7 Å². The molecule has 2 aromatic carbocycles. The van der Waals surface area contributed by atoms with Gasteiger partial charge in [-0.05, 0) is 51.8 Å². The van der Waals surface area contributed by atoms with Crippen LogP contribution in [0.4, 0.5) is 0 Å². The molecule has 2 aromatic heterocycles. The largest absolute Gasteiger partial charge is 0.291 e. The number of aromatic nitrogens is 4. The maximum atomic E-state index is 6.15. The molecule has 0 atom stereocenters. The minimum absolute atomic E-state index is 0.0740. The Hall–Kier alpha value is -1.95. The summed E-state index contributed by atoms with van der Waals surface area (Å²) in [5.41, 5.74) is 3.34. The molecule has 0 saturated heterocycles. The maximum Gasteiger partial charge on any atom is 0.224 e. The lowest BCUT2D eigenvalue weighted by Crippen LogP contribution is -2.01. The molecular formula is C17H9BrCl2N4. The van der Waals surface area contributed by atoms with Gasteiger partial charge in [0.25, 0.3) is 0 Å². The highest BCUT2D eigenvalue weighted by atomic mass is 79.9. The maximum absolute atomic E-state index is 6.15. The third-order valence-corrected chi connectivity index (χ3v) is 4.99. The number of rotatable bonds is 2. The molecule has 24 heavy (non-hydrogen) atoms. The number of nitrogens with zero attached hydrogens (tertiary/aromatic N) is 4. The van der Waals surface area contributed by atoms with Crippen molar-refractivity contribution in [2.75, 3.05) is 0 Å². The summed E-state index contributed by atoms with van der Waals surface area (Å²) in [5.74, 6) is 0.639. The monoisotopic (exact) mass is 418 g/mol. The fourth-order valence-electron chi connectivity index (χ4n) is 2.57. The van der Waals surface area contributed by atoms with Gasteiger partial charge in [-0.25, -0.2) is 15.0 Å². The van der Waals surface area contributed by atoms with Crippen molar-refractivity contribution in [3.8, 4) is 17.2 Å². The van der Waals surface area contributed by atoms with Gasteiger partial charge in [0.2, 0.25) is 5.28 Å². The Kier molecular flexibility index (Phi) is 4.00. The summed E-state index contributed by atoms with van der Waals surface area (Å²) in [6.07, 6.45) is 0. The SMILES string of the molecule is Clc1nc(Cl)c(Br)c(-c2nc3ccccc3n2-c2ccccc2)n1. The Bertz CT molecular complexity index is 1050. The van der Waals surface area contributed by atoms with E-state index in [9.17, 15) is 0 Å². The van der Waals surface area contributed by atoms with Crippen LogP contribution in [-0.2, 0) is 0 Å². The standard InChI is InChI=1S/C17H9BrCl2N4/c18-13-14(22-17(20)23-15(13)19)16-21-11-8-4-5-9-12(11)24(16)10-6-2-1-3-7-10/h1-9H. The molecule has 4 rings (SSSR count). The highest BCUT2D eigenvalue weighted by Crippen LogP contribution is 2.35. The summed E-state index contributed by atoms with van der Waals surface area (Å²) >= 11 is 15.6. The first kappa shape index (κ1) is 15.6. The molecule has 0 spiro atoms. The van der Waals surface area contributed by atoms with Gasteiger partial charge in [0.15, 0.2) is 5.82 Å². The zero-order valence-corrected chi connectivity index (χ0v) is 15.2. The van der Waals surface area contributed by atoms with Crippen molar-refractivity contribution >= 4 is 50.2 Å². The molecule has 0 radical (unpaired) electrons. The second-order valence-electron chi connectivity index (χ2n) is 5.04. The Labute approximate surface area is 156 Å². The van der Waals surface area contributed by atoms with Crippen LogP contribution in [0.5, 0.6) is 0 Å². The topological polar surface area (TPSA) is 43.6 Å². The van der Waals surface area contributed by atoms with Gasteiger partial charge in [0, 0.05) is 5.69 Å². The molecule has 0 unspecified atom stereocenters. The van der Waals surface area contributed by atoms with E-state index in [1.165, 1.54) is 0 Å². The van der Waals surface area contributed by atoms with E-state index in [1.54, 1.807) is 0 Å².